The van der Waals surface area contributed by atoms with E-state index in [2.05, 4.69) is 0 Å². The van der Waals surface area contributed by atoms with Gasteiger partial charge in [-0.25, -0.2) is 0 Å². The molecule has 0 amide bonds. The molecule has 2 rings (SSSR count). The highest BCUT2D eigenvalue weighted by Gasteiger charge is 2.29. The van der Waals surface area contributed by atoms with Crippen LogP contribution in [0, 0.1) is 5.92 Å². The summed E-state index contributed by atoms with van der Waals surface area (Å²) in [4.78, 5) is 12.0. The van der Waals surface area contributed by atoms with Crippen molar-refractivity contribution in [3.63, 3.8) is 0 Å². The van der Waals surface area contributed by atoms with Crippen LogP contribution in [-0.2, 0) is 9.53 Å². The van der Waals surface area contributed by atoms with Crippen LogP contribution in [0.4, 0.5) is 0 Å². The molecule has 0 aromatic rings. The van der Waals surface area contributed by atoms with E-state index in [1.165, 1.54) is 38.5 Å². The third-order valence-electron chi connectivity index (χ3n) is 4.26. The molecule has 3 heteroatoms. The first-order valence-electron chi connectivity index (χ1n) is 7.23. The molecule has 2 aliphatic carbocycles. The molecule has 98 valence electrons. The second kappa shape index (κ2) is 6.39. The zero-order valence-electron chi connectivity index (χ0n) is 10.7. The molecule has 2 saturated carbocycles. The van der Waals surface area contributed by atoms with Crippen molar-refractivity contribution in [2.45, 2.75) is 76.4 Å². The summed E-state index contributed by atoms with van der Waals surface area (Å²) < 4.78 is 5.54. The van der Waals surface area contributed by atoms with Crippen LogP contribution in [0.1, 0.15) is 64.2 Å². The number of rotatable bonds is 3. The highest BCUT2D eigenvalue weighted by Crippen LogP contribution is 2.27. The summed E-state index contributed by atoms with van der Waals surface area (Å²) >= 11 is 0. The van der Waals surface area contributed by atoms with Gasteiger partial charge in [0.05, 0.1) is 0 Å². The topological polar surface area (TPSA) is 52.3 Å². The van der Waals surface area contributed by atoms with Gasteiger partial charge in [0.25, 0.3) is 0 Å². The number of hydrogen-bond acceptors (Lipinski definition) is 3. The molecular weight excluding hydrogens is 214 g/mol. The Hall–Kier alpha value is -0.570. The first kappa shape index (κ1) is 12.9. The average Bonchev–Trinajstić information content (AvgIpc) is 2.40. The van der Waals surface area contributed by atoms with Gasteiger partial charge < -0.3 is 10.5 Å². The number of hydrogen-bond donors (Lipinski definition) is 1. The minimum Gasteiger partial charge on any atom is -0.461 e. The van der Waals surface area contributed by atoms with Gasteiger partial charge in [0, 0.05) is 0 Å². The van der Waals surface area contributed by atoms with Crippen LogP contribution in [0.2, 0.25) is 0 Å². The van der Waals surface area contributed by atoms with Gasteiger partial charge in [0.1, 0.15) is 12.1 Å². The lowest BCUT2D eigenvalue weighted by Gasteiger charge is -2.28. The molecule has 0 radical (unpaired) electrons. The summed E-state index contributed by atoms with van der Waals surface area (Å²) in [5.74, 6) is 0.212. The van der Waals surface area contributed by atoms with Crippen molar-refractivity contribution < 1.29 is 9.53 Å². The fourth-order valence-corrected chi connectivity index (χ4v) is 3.11. The largest absolute Gasteiger partial charge is 0.461 e. The minimum absolute atomic E-state index is 0.144. The predicted molar refractivity (Wildman–Crippen MR) is 67.5 cm³/mol. The van der Waals surface area contributed by atoms with Crippen LogP contribution in [-0.4, -0.2) is 18.1 Å². The number of nitrogens with two attached hydrogens (primary N) is 1. The molecule has 0 aromatic carbocycles. The van der Waals surface area contributed by atoms with Gasteiger partial charge in [-0.05, 0) is 44.4 Å². The number of esters is 1. The molecule has 0 heterocycles. The Kier molecular flexibility index (Phi) is 4.84. The van der Waals surface area contributed by atoms with Crippen LogP contribution >= 0.6 is 0 Å². The monoisotopic (exact) mass is 239 g/mol. The Morgan fingerprint density at radius 2 is 1.47 bits per heavy atom. The van der Waals surface area contributed by atoms with Crippen molar-refractivity contribution in [1.29, 1.82) is 0 Å². The second-order valence-electron chi connectivity index (χ2n) is 5.62. The van der Waals surface area contributed by atoms with Gasteiger partial charge >= 0.3 is 5.97 Å². The van der Waals surface area contributed by atoms with Gasteiger partial charge in [0.2, 0.25) is 0 Å². The average molecular weight is 239 g/mol. The standard InChI is InChI=1S/C14H25NO2/c15-13(11-7-3-1-4-8-11)14(16)17-12-9-5-2-6-10-12/h11-13H,1-10,15H2. The quantitative estimate of drug-likeness (QED) is 0.770. The maximum atomic E-state index is 12.0. The van der Waals surface area contributed by atoms with E-state index in [1.54, 1.807) is 0 Å². The first-order chi connectivity index (χ1) is 8.27. The van der Waals surface area contributed by atoms with Crippen molar-refractivity contribution in [3.05, 3.63) is 0 Å². The highest BCUT2D eigenvalue weighted by molar-refractivity contribution is 5.76. The molecule has 2 N–H and O–H groups in total. The lowest BCUT2D eigenvalue weighted by molar-refractivity contribution is -0.153. The highest BCUT2D eigenvalue weighted by atomic mass is 16.5. The zero-order chi connectivity index (χ0) is 12.1. The smallest absolute Gasteiger partial charge is 0.323 e. The molecular formula is C14H25NO2. The second-order valence-corrected chi connectivity index (χ2v) is 5.62. The summed E-state index contributed by atoms with van der Waals surface area (Å²) in [6.07, 6.45) is 11.8. The van der Waals surface area contributed by atoms with E-state index in [0.717, 1.165) is 25.7 Å². The Balaban J connectivity index is 1.77. The molecule has 0 aromatic heterocycles. The molecule has 17 heavy (non-hydrogen) atoms. The summed E-state index contributed by atoms with van der Waals surface area (Å²) in [5.41, 5.74) is 6.03. The summed E-state index contributed by atoms with van der Waals surface area (Å²) in [7, 11) is 0. The van der Waals surface area contributed by atoms with Crippen molar-refractivity contribution in [3.8, 4) is 0 Å². The predicted octanol–water partition coefficient (Wildman–Crippen LogP) is 2.77. The van der Waals surface area contributed by atoms with E-state index < -0.39 is 0 Å². The van der Waals surface area contributed by atoms with E-state index in [-0.39, 0.29) is 18.1 Å². The van der Waals surface area contributed by atoms with E-state index in [1.807, 2.05) is 0 Å². The van der Waals surface area contributed by atoms with E-state index in [0.29, 0.717) is 5.92 Å². The molecule has 0 saturated heterocycles. The van der Waals surface area contributed by atoms with E-state index >= 15 is 0 Å². The zero-order valence-corrected chi connectivity index (χ0v) is 10.7. The minimum atomic E-state index is -0.378. The SMILES string of the molecule is NC(C(=O)OC1CCCCC1)C1CCCCC1. The number of carbonyl (C=O) groups excluding carboxylic acids is 1. The maximum absolute atomic E-state index is 12.0. The van der Waals surface area contributed by atoms with Crippen molar-refractivity contribution in [2.75, 3.05) is 0 Å². The summed E-state index contributed by atoms with van der Waals surface area (Å²) in [6.45, 7) is 0. The van der Waals surface area contributed by atoms with Crippen molar-refractivity contribution >= 4 is 5.97 Å². The van der Waals surface area contributed by atoms with Crippen molar-refractivity contribution in [1.82, 2.24) is 0 Å². The fraction of sp³-hybridized carbons (Fsp3) is 0.929. The molecule has 1 atom stereocenters. The fourth-order valence-electron chi connectivity index (χ4n) is 3.11. The lowest BCUT2D eigenvalue weighted by Crippen LogP contribution is -2.42. The van der Waals surface area contributed by atoms with Gasteiger partial charge in [-0.15, -0.1) is 0 Å². The van der Waals surface area contributed by atoms with E-state index in [4.69, 9.17) is 10.5 Å². The van der Waals surface area contributed by atoms with Crippen LogP contribution < -0.4 is 5.73 Å². The third kappa shape index (κ3) is 3.70. The molecule has 2 fully saturated rings. The molecule has 0 spiro atoms. The first-order valence-corrected chi connectivity index (χ1v) is 7.23. The maximum Gasteiger partial charge on any atom is 0.323 e. The van der Waals surface area contributed by atoms with Crippen LogP contribution in [0.3, 0.4) is 0 Å². The summed E-state index contributed by atoms with van der Waals surface area (Å²) in [5, 5.41) is 0. The number of carbonyl (C=O) groups is 1. The Labute approximate surface area is 104 Å². The van der Waals surface area contributed by atoms with Gasteiger partial charge in [0.15, 0.2) is 0 Å². The normalized spacial score (nSPS) is 25.5. The molecule has 0 aliphatic heterocycles. The van der Waals surface area contributed by atoms with Gasteiger partial charge in [-0.1, -0.05) is 25.7 Å². The Morgan fingerprint density at radius 1 is 0.941 bits per heavy atom. The van der Waals surface area contributed by atoms with Crippen LogP contribution in [0.25, 0.3) is 0 Å². The lowest BCUT2D eigenvalue weighted by atomic mass is 9.84. The van der Waals surface area contributed by atoms with Gasteiger partial charge in [-0.3, -0.25) is 4.79 Å². The Bertz CT molecular complexity index is 243. The number of ether oxygens (including phenoxy) is 1. The van der Waals surface area contributed by atoms with Crippen LogP contribution in [0.15, 0.2) is 0 Å². The summed E-state index contributed by atoms with van der Waals surface area (Å²) in [6, 6.07) is -0.378. The van der Waals surface area contributed by atoms with E-state index in [9.17, 15) is 4.79 Å². The molecule has 3 nitrogen and oxygen atoms in total. The third-order valence-corrected chi connectivity index (χ3v) is 4.26. The van der Waals surface area contributed by atoms with Crippen LogP contribution in [0.5, 0.6) is 0 Å². The Morgan fingerprint density at radius 3 is 2.06 bits per heavy atom. The molecule has 2 aliphatic rings. The van der Waals surface area contributed by atoms with Crippen molar-refractivity contribution in [2.24, 2.45) is 11.7 Å². The van der Waals surface area contributed by atoms with Gasteiger partial charge in [-0.2, -0.15) is 0 Å². The molecule has 0 bridgehead atoms. The molecule has 1 unspecified atom stereocenters.